The molecule has 2 aromatic rings. The van der Waals surface area contributed by atoms with Crippen molar-refractivity contribution in [2.24, 2.45) is 0 Å². The van der Waals surface area contributed by atoms with Gasteiger partial charge in [-0.2, -0.15) is 0 Å². The molecule has 0 atom stereocenters. The van der Waals surface area contributed by atoms with Crippen molar-refractivity contribution >= 4 is 5.91 Å². The van der Waals surface area contributed by atoms with Gasteiger partial charge in [-0.25, -0.2) is 0 Å². The Balaban J connectivity index is 1.77. The number of ether oxygens (including phenoxy) is 1. The van der Waals surface area contributed by atoms with Crippen LogP contribution in [-0.4, -0.2) is 12.5 Å². The molecule has 0 aliphatic heterocycles. The first kappa shape index (κ1) is 13.2. The molecule has 1 amide bonds. The van der Waals surface area contributed by atoms with Crippen LogP contribution in [0.3, 0.4) is 0 Å². The number of para-hydroxylation sites is 1. The lowest BCUT2D eigenvalue weighted by Crippen LogP contribution is -2.28. The van der Waals surface area contributed by atoms with E-state index in [1.54, 1.807) is 0 Å². The van der Waals surface area contributed by atoms with E-state index in [4.69, 9.17) is 9.15 Å². The normalized spacial score (nSPS) is 10.2. The Morgan fingerprint density at radius 1 is 1.21 bits per heavy atom. The van der Waals surface area contributed by atoms with Crippen LogP contribution >= 0.6 is 0 Å². The predicted molar refractivity (Wildman–Crippen MR) is 72.0 cm³/mol. The summed E-state index contributed by atoms with van der Waals surface area (Å²) in [6.45, 7) is 4.19. The van der Waals surface area contributed by atoms with E-state index in [0.29, 0.717) is 6.54 Å². The molecule has 100 valence electrons. The molecule has 0 spiro atoms. The molecule has 0 aliphatic rings. The molecule has 1 N–H and O–H groups in total. The number of hydrogen-bond acceptors (Lipinski definition) is 3. The molecule has 4 nitrogen and oxygen atoms in total. The highest BCUT2D eigenvalue weighted by atomic mass is 16.5. The van der Waals surface area contributed by atoms with Gasteiger partial charge in [-0.3, -0.25) is 4.79 Å². The maximum atomic E-state index is 11.6. The van der Waals surface area contributed by atoms with Gasteiger partial charge < -0.3 is 14.5 Å². The van der Waals surface area contributed by atoms with Crippen molar-refractivity contribution in [1.29, 1.82) is 0 Å². The molecule has 1 aromatic carbocycles. The van der Waals surface area contributed by atoms with E-state index < -0.39 is 0 Å². The zero-order valence-electron chi connectivity index (χ0n) is 11.1. The van der Waals surface area contributed by atoms with Gasteiger partial charge in [0.15, 0.2) is 6.61 Å². The minimum atomic E-state index is -0.169. The topological polar surface area (TPSA) is 51.5 Å². The molecule has 1 aromatic heterocycles. The predicted octanol–water partition coefficient (Wildman–Crippen LogP) is 2.59. The second-order valence-electron chi connectivity index (χ2n) is 4.34. The summed E-state index contributed by atoms with van der Waals surface area (Å²) < 4.78 is 10.8. The van der Waals surface area contributed by atoms with E-state index in [9.17, 15) is 4.79 Å². The molecule has 0 saturated heterocycles. The van der Waals surface area contributed by atoms with E-state index in [-0.39, 0.29) is 12.5 Å². The highest BCUT2D eigenvalue weighted by Crippen LogP contribution is 2.15. The van der Waals surface area contributed by atoms with Crippen LogP contribution in [0.25, 0.3) is 0 Å². The van der Waals surface area contributed by atoms with Crippen molar-refractivity contribution in [3.05, 3.63) is 53.5 Å². The summed E-state index contributed by atoms with van der Waals surface area (Å²) in [5.41, 5.74) is 1.01. The third-order valence-corrected chi connectivity index (χ3v) is 2.71. The van der Waals surface area contributed by atoms with Crippen LogP contribution in [0.1, 0.15) is 17.1 Å². The first-order valence-electron chi connectivity index (χ1n) is 6.15. The summed E-state index contributed by atoms with van der Waals surface area (Å²) in [6, 6.07) is 11.3. The Bertz CT molecular complexity index is 560. The quantitative estimate of drug-likeness (QED) is 0.898. The van der Waals surface area contributed by atoms with Gasteiger partial charge in [0.2, 0.25) is 0 Å². The molecule has 19 heavy (non-hydrogen) atoms. The van der Waals surface area contributed by atoms with Crippen LogP contribution in [0.2, 0.25) is 0 Å². The summed E-state index contributed by atoms with van der Waals surface area (Å²) in [4.78, 5) is 11.6. The summed E-state index contributed by atoms with van der Waals surface area (Å²) in [5, 5.41) is 2.74. The van der Waals surface area contributed by atoms with Crippen molar-refractivity contribution in [3.8, 4) is 5.75 Å². The molecule has 0 unspecified atom stereocenters. The van der Waals surface area contributed by atoms with Crippen LogP contribution in [0.4, 0.5) is 0 Å². The molecule has 0 aliphatic carbocycles. The average Bonchev–Trinajstić information content (AvgIpc) is 2.81. The number of rotatable bonds is 5. The highest BCUT2D eigenvalue weighted by molar-refractivity contribution is 5.77. The van der Waals surface area contributed by atoms with E-state index in [2.05, 4.69) is 5.32 Å². The van der Waals surface area contributed by atoms with Gasteiger partial charge in [-0.05, 0) is 37.6 Å². The number of benzene rings is 1. The second-order valence-corrected chi connectivity index (χ2v) is 4.34. The van der Waals surface area contributed by atoms with Gasteiger partial charge in [0.05, 0.1) is 6.54 Å². The number of hydrogen-bond donors (Lipinski definition) is 1. The van der Waals surface area contributed by atoms with E-state index in [1.807, 2.05) is 50.2 Å². The maximum absolute atomic E-state index is 11.6. The summed E-state index contributed by atoms with van der Waals surface area (Å²) in [7, 11) is 0. The van der Waals surface area contributed by atoms with Crippen molar-refractivity contribution in [1.82, 2.24) is 5.32 Å². The fourth-order valence-corrected chi connectivity index (χ4v) is 1.68. The first-order chi connectivity index (χ1) is 9.15. The van der Waals surface area contributed by atoms with Crippen molar-refractivity contribution in [2.75, 3.05) is 6.61 Å². The number of amides is 1. The molecule has 0 bridgehead atoms. The smallest absolute Gasteiger partial charge is 0.258 e. The van der Waals surface area contributed by atoms with Gasteiger partial charge >= 0.3 is 0 Å². The van der Waals surface area contributed by atoms with Crippen LogP contribution < -0.4 is 10.1 Å². The van der Waals surface area contributed by atoms with Crippen molar-refractivity contribution in [3.63, 3.8) is 0 Å². The van der Waals surface area contributed by atoms with Crippen LogP contribution in [-0.2, 0) is 11.3 Å². The summed E-state index contributed by atoms with van der Waals surface area (Å²) in [6.07, 6.45) is 0. The summed E-state index contributed by atoms with van der Waals surface area (Å²) in [5.74, 6) is 2.13. The molecule has 2 rings (SSSR count). The minimum Gasteiger partial charge on any atom is -0.484 e. The molecule has 1 heterocycles. The number of furan rings is 1. The van der Waals surface area contributed by atoms with E-state index in [0.717, 1.165) is 22.8 Å². The fraction of sp³-hybridized carbons (Fsp3) is 0.267. The Kier molecular flexibility index (Phi) is 4.23. The lowest BCUT2D eigenvalue weighted by Gasteiger charge is -2.08. The Morgan fingerprint density at radius 3 is 2.68 bits per heavy atom. The van der Waals surface area contributed by atoms with Crippen LogP contribution in [0.5, 0.6) is 5.75 Å². The third-order valence-electron chi connectivity index (χ3n) is 2.71. The van der Waals surface area contributed by atoms with E-state index >= 15 is 0 Å². The van der Waals surface area contributed by atoms with Gasteiger partial charge in [-0.1, -0.05) is 18.2 Å². The molecule has 0 saturated carbocycles. The number of aryl methyl sites for hydroxylation is 2. The first-order valence-corrected chi connectivity index (χ1v) is 6.15. The van der Waals surface area contributed by atoms with Crippen molar-refractivity contribution < 1.29 is 13.9 Å². The minimum absolute atomic E-state index is 0.00451. The zero-order valence-corrected chi connectivity index (χ0v) is 11.1. The van der Waals surface area contributed by atoms with Crippen LogP contribution in [0.15, 0.2) is 40.8 Å². The van der Waals surface area contributed by atoms with Gasteiger partial charge in [0.25, 0.3) is 5.91 Å². The monoisotopic (exact) mass is 259 g/mol. The Morgan fingerprint density at radius 2 is 2.00 bits per heavy atom. The number of carbonyl (C=O) groups excluding carboxylic acids is 1. The standard InChI is InChI=1S/C15H17NO3/c1-11-5-3-4-6-14(11)18-10-15(17)16-9-13-8-7-12(2)19-13/h3-8H,9-10H2,1-2H3,(H,16,17). The molecule has 0 radical (unpaired) electrons. The second kappa shape index (κ2) is 6.09. The Hall–Kier alpha value is -2.23. The Labute approximate surface area is 112 Å². The maximum Gasteiger partial charge on any atom is 0.258 e. The highest BCUT2D eigenvalue weighted by Gasteiger charge is 2.05. The zero-order chi connectivity index (χ0) is 13.7. The van der Waals surface area contributed by atoms with Gasteiger partial charge in [0, 0.05) is 0 Å². The molecular formula is C15H17NO3. The van der Waals surface area contributed by atoms with Crippen molar-refractivity contribution in [2.45, 2.75) is 20.4 Å². The SMILES string of the molecule is Cc1ccc(CNC(=O)COc2ccccc2C)o1. The molecule has 0 fully saturated rings. The number of nitrogens with one attached hydrogen (secondary N) is 1. The van der Waals surface area contributed by atoms with Gasteiger partial charge in [0.1, 0.15) is 17.3 Å². The van der Waals surface area contributed by atoms with Crippen LogP contribution in [0, 0.1) is 13.8 Å². The largest absolute Gasteiger partial charge is 0.484 e. The fourth-order valence-electron chi connectivity index (χ4n) is 1.68. The van der Waals surface area contributed by atoms with Gasteiger partial charge in [-0.15, -0.1) is 0 Å². The number of carbonyl (C=O) groups is 1. The third kappa shape index (κ3) is 3.88. The summed E-state index contributed by atoms with van der Waals surface area (Å²) >= 11 is 0. The lowest BCUT2D eigenvalue weighted by molar-refractivity contribution is -0.123. The molecular weight excluding hydrogens is 242 g/mol. The molecule has 4 heteroatoms. The average molecular weight is 259 g/mol. The lowest BCUT2D eigenvalue weighted by atomic mass is 10.2. The van der Waals surface area contributed by atoms with E-state index in [1.165, 1.54) is 0 Å².